The highest BCUT2D eigenvalue weighted by Crippen LogP contribution is 2.47. The maximum absolute atomic E-state index is 13.5. The quantitative estimate of drug-likeness (QED) is 0.214. The zero-order valence-electron chi connectivity index (χ0n) is 18.0. The van der Waals surface area contributed by atoms with Crippen LogP contribution >= 0.6 is 23.2 Å². The number of hydrogen-bond acceptors (Lipinski definition) is 7. The van der Waals surface area contributed by atoms with Crippen molar-refractivity contribution in [2.45, 2.75) is 12.1 Å². The second kappa shape index (κ2) is 7.94. The summed E-state index contributed by atoms with van der Waals surface area (Å²) >= 11 is 12.2. The van der Waals surface area contributed by atoms with E-state index >= 15 is 0 Å². The van der Waals surface area contributed by atoms with E-state index in [-0.39, 0.29) is 28.0 Å². The van der Waals surface area contributed by atoms with E-state index in [1.54, 1.807) is 24.3 Å². The molecule has 0 aliphatic carbocycles. The van der Waals surface area contributed by atoms with E-state index in [2.05, 4.69) is 0 Å². The van der Waals surface area contributed by atoms with E-state index in [1.807, 2.05) is 0 Å². The average molecular weight is 526 g/mol. The topological polar surface area (TPSA) is 119 Å². The number of hydrogen-bond donors (Lipinski definition) is 0. The molecule has 2 atom stereocenters. The summed E-state index contributed by atoms with van der Waals surface area (Å²) in [5.41, 5.74) is -0.00451. The standard InChI is InChI=1S/C24H13Cl2N3O7/c25-14-6-5-12(9-15(14)26)27-20(11-4-7-17-18(8-11)36-10-35-17)21(24(27)32)28-22(30)13-2-1-3-16(29(33)34)19(13)23(28)31/h1-9,20-21H,10H2/t20-,21+/m0/s1. The van der Waals surface area contributed by atoms with Crippen molar-refractivity contribution < 1.29 is 28.8 Å². The van der Waals surface area contributed by atoms with Crippen LogP contribution in [0.2, 0.25) is 10.0 Å². The number of ether oxygens (including phenoxy) is 2. The molecular weight excluding hydrogens is 513 g/mol. The highest BCUT2D eigenvalue weighted by Gasteiger charge is 2.58. The normalized spacial score (nSPS) is 20.0. The van der Waals surface area contributed by atoms with Crippen LogP contribution in [0.25, 0.3) is 0 Å². The molecule has 3 aromatic carbocycles. The number of halogens is 2. The molecule has 1 fully saturated rings. The van der Waals surface area contributed by atoms with E-state index in [4.69, 9.17) is 32.7 Å². The van der Waals surface area contributed by atoms with Gasteiger partial charge in [-0.2, -0.15) is 0 Å². The summed E-state index contributed by atoms with van der Waals surface area (Å²) in [6, 6.07) is 11.4. The molecule has 0 spiro atoms. The lowest BCUT2D eigenvalue weighted by atomic mass is 9.86. The van der Waals surface area contributed by atoms with Gasteiger partial charge in [-0.15, -0.1) is 0 Å². The van der Waals surface area contributed by atoms with Crippen molar-refractivity contribution in [1.29, 1.82) is 0 Å². The number of anilines is 1. The van der Waals surface area contributed by atoms with Gasteiger partial charge in [0.2, 0.25) is 6.79 Å². The van der Waals surface area contributed by atoms with Gasteiger partial charge in [-0.05, 0) is 42.0 Å². The summed E-state index contributed by atoms with van der Waals surface area (Å²) in [5.74, 6) is -1.29. The number of nitrogens with zero attached hydrogens (tertiary/aromatic N) is 3. The van der Waals surface area contributed by atoms with Gasteiger partial charge >= 0.3 is 0 Å². The van der Waals surface area contributed by atoms with Gasteiger partial charge in [-0.3, -0.25) is 29.4 Å². The van der Waals surface area contributed by atoms with Crippen molar-refractivity contribution in [3.63, 3.8) is 0 Å². The van der Waals surface area contributed by atoms with E-state index in [9.17, 15) is 24.5 Å². The number of carbonyl (C=O) groups excluding carboxylic acids is 3. The van der Waals surface area contributed by atoms with Gasteiger partial charge in [-0.25, -0.2) is 0 Å². The number of amides is 3. The Morgan fingerprint density at radius 3 is 2.39 bits per heavy atom. The van der Waals surface area contributed by atoms with Crippen LogP contribution in [0.15, 0.2) is 54.6 Å². The summed E-state index contributed by atoms with van der Waals surface area (Å²) in [6.07, 6.45) is 0. The fourth-order valence-corrected chi connectivity index (χ4v) is 5.06. The molecule has 0 unspecified atom stereocenters. The lowest BCUT2D eigenvalue weighted by molar-refractivity contribution is -0.385. The maximum Gasteiger partial charge on any atom is 0.282 e. The van der Waals surface area contributed by atoms with E-state index in [0.29, 0.717) is 22.7 Å². The Morgan fingerprint density at radius 1 is 0.861 bits per heavy atom. The van der Waals surface area contributed by atoms with Crippen LogP contribution in [0.3, 0.4) is 0 Å². The first-order chi connectivity index (χ1) is 17.3. The van der Waals surface area contributed by atoms with Crippen molar-refractivity contribution in [2.24, 2.45) is 0 Å². The fourth-order valence-electron chi connectivity index (χ4n) is 4.77. The molecule has 1 saturated heterocycles. The van der Waals surface area contributed by atoms with E-state index < -0.39 is 40.4 Å². The molecule has 0 N–H and O–H groups in total. The summed E-state index contributed by atoms with van der Waals surface area (Å²) in [7, 11) is 0. The number of fused-ring (bicyclic) bond motifs is 2. The molecule has 3 heterocycles. The third-order valence-corrected chi connectivity index (χ3v) is 7.13. The number of nitro benzene ring substituents is 1. The zero-order valence-corrected chi connectivity index (χ0v) is 19.5. The maximum atomic E-state index is 13.5. The molecule has 3 amide bonds. The molecule has 12 heteroatoms. The third kappa shape index (κ3) is 3.08. The Bertz CT molecular complexity index is 1530. The number of rotatable bonds is 4. The summed E-state index contributed by atoms with van der Waals surface area (Å²) in [5, 5.41) is 12.0. The molecule has 3 aliphatic heterocycles. The predicted molar refractivity (Wildman–Crippen MR) is 127 cm³/mol. The summed E-state index contributed by atoms with van der Waals surface area (Å²) < 4.78 is 10.8. The minimum Gasteiger partial charge on any atom is -0.454 e. The van der Waals surface area contributed by atoms with Crippen molar-refractivity contribution in [3.05, 3.63) is 91.4 Å². The Kier molecular flexibility index (Phi) is 4.92. The van der Waals surface area contributed by atoms with Gasteiger partial charge in [0.15, 0.2) is 11.5 Å². The van der Waals surface area contributed by atoms with Crippen LogP contribution in [0.5, 0.6) is 11.5 Å². The largest absolute Gasteiger partial charge is 0.454 e. The molecule has 0 aromatic heterocycles. The van der Waals surface area contributed by atoms with Crippen LogP contribution in [-0.4, -0.2) is 40.4 Å². The minimum absolute atomic E-state index is 0.0321. The van der Waals surface area contributed by atoms with Crippen molar-refractivity contribution in [3.8, 4) is 11.5 Å². The zero-order chi connectivity index (χ0) is 25.3. The Morgan fingerprint density at radius 2 is 1.64 bits per heavy atom. The second-order valence-corrected chi connectivity index (χ2v) is 9.06. The second-order valence-electron chi connectivity index (χ2n) is 8.25. The van der Waals surface area contributed by atoms with E-state index in [0.717, 1.165) is 11.0 Å². The van der Waals surface area contributed by atoms with Gasteiger partial charge in [-0.1, -0.05) is 35.3 Å². The Balaban J connectivity index is 1.46. The van der Waals surface area contributed by atoms with Crippen LogP contribution in [0.1, 0.15) is 32.3 Å². The number of benzene rings is 3. The average Bonchev–Trinajstić information content (AvgIpc) is 3.42. The van der Waals surface area contributed by atoms with Gasteiger partial charge in [0.05, 0.1) is 26.6 Å². The molecule has 0 bridgehead atoms. The first-order valence-electron chi connectivity index (χ1n) is 10.6. The van der Waals surface area contributed by atoms with Crippen molar-refractivity contribution in [2.75, 3.05) is 11.7 Å². The van der Waals surface area contributed by atoms with E-state index in [1.165, 1.54) is 29.2 Å². The molecule has 3 aliphatic rings. The first-order valence-corrected chi connectivity index (χ1v) is 11.4. The number of β-lactam (4-membered cyclic amide) rings is 1. The number of nitro groups is 1. The third-order valence-electron chi connectivity index (χ3n) is 6.39. The van der Waals surface area contributed by atoms with Gasteiger partial charge in [0.1, 0.15) is 11.6 Å². The molecule has 10 nitrogen and oxygen atoms in total. The monoisotopic (exact) mass is 525 g/mol. The lowest BCUT2D eigenvalue weighted by Gasteiger charge is -2.49. The highest BCUT2D eigenvalue weighted by atomic mass is 35.5. The highest BCUT2D eigenvalue weighted by molar-refractivity contribution is 6.42. The molecule has 36 heavy (non-hydrogen) atoms. The Hall–Kier alpha value is -4.15. The van der Waals surface area contributed by atoms with Gasteiger partial charge < -0.3 is 14.4 Å². The molecule has 3 aromatic rings. The molecule has 0 saturated carbocycles. The summed E-state index contributed by atoms with van der Waals surface area (Å²) in [4.78, 5) is 53.2. The first kappa shape index (κ1) is 22.3. The van der Waals surface area contributed by atoms with Crippen LogP contribution in [0.4, 0.5) is 11.4 Å². The van der Waals surface area contributed by atoms with Gasteiger partial charge in [0.25, 0.3) is 23.4 Å². The Labute approximate surface area is 212 Å². The van der Waals surface area contributed by atoms with Crippen molar-refractivity contribution in [1.82, 2.24) is 4.90 Å². The molecule has 0 radical (unpaired) electrons. The molecule has 6 rings (SSSR count). The van der Waals surface area contributed by atoms with Crippen molar-refractivity contribution >= 4 is 52.3 Å². The minimum atomic E-state index is -1.26. The molecular formula is C24H13Cl2N3O7. The number of imide groups is 1. The smallest absolute Gasteiger partial charge is 0.282 e. The SMILES string of the molecule is O=C1c2cccc([N+](=O)[O-])c2C(=O)N1[C@H]1C(=O)N(c2ccc(Cl)c(Cl)c2)[C@H]1c1ccc2c(c1)OCO2. The fraction of sp³-hybridized carbons (Fsp3) is 0.125. The number of carbonyl (C=O) groups is 3. The predicted octanol–water partition coefficient (Wildman–Crippen LogP) is 4.38. The summed E-state index contributed by atoms with van der Waals surface area (Å²) in [6.45, 7) is 0.0321. The van der Waals surface area contributed by atoms with Gasteiger partial charge in [0, 0.05) is 11.8 Å². The van der Waals surface area contributed by atoms with Crippen LogP contribution in [0, 0.1) is 10.1 Å². The van der Waals surface area contributed by atoms with Crippen LogP contribution in [-0.2, 0) is 4.79 Å². The lowest BCUT2D eigenvalue weighted by Crippen LogP contribution is -2.67. The van der Waals surface area contributed by atoms with Crippen LogP contribution < -0.4 is 14.4 Å². The molecule has 180 valence electrons.